The first-order chi connectivity index (χ1) is 13.5. The molecule has 0 aliphatic carbocycles. The van der Waals surface area contributed by atoms with E-state index in [0.29, 0.717) is 12.1 Å². The zero-order chi connectivity index (χ0) is 20.5. The van der Waals surface area contributed by atoms with Crippen LogP contribution in [0.3, 0.4) is 0 Å². The molecule has 2 heterocycles. The lowest BCUT2D eigenvalue weighted by Gasteiger charge is -2.07. The molecule has 8 heteroatoms. The number of anilines is 2. The highest BCUT2D eigenvalue weighted by Crippen LogP contribution is 2.25. The first-order valence-corrected chi connectivity index (χ1v) is 9.63. The Labute approximate surface area is 167 Å². The molecule has 3 rings (SSSR count). The normalized spacial score (nSPS) is 9.93. The molecule has 4 N–H and O–H groups in total. The van der Waals surface area contributed by atoms with E-state index in [1.807, 2.05) is 19.9 Å². The summed E-state index contributed by atoms with van der Waals surface area (Å²) in [6, 6.07) is 9.90. The lowest BCUT2D eigenvalue weighted by molar-refractivity contribution is -0.116. The van der Waals surface area contributed by atoms with Crippen molar-refractivity contribution in [1.29, 1.82) is 0 Å². The molecule has 0 atom stereocenters. The third-order valence-electron chi connectivity index (χ3n) is 3.59. The van der Waals surface area contributed by atoms with Crippen molar-refractivity contribution in [3.63, 3.8) is 0 Å². The molecule has 0 radical (unpaired) electrons. The predicted octanol–water partition coefficient (Wildman–Crippen LogP) is 4.08. The Balaban J connectivity index is 0.00000136. The van der Waals surface area contributed by atoms with Gasteiger partial charge in [0, 0.05) is 19.0 Å². The standard InChI is InChI=1S/C18H16N4O3S.C2H6/c19-11-5-6-14(20-9-11)15-10-21-17(26-15)8-7-16(23)22-13-4-2-1-3-12(13)18(24)25;1-2/h1-6,9-10H,7-8,19H2,(H,22,23)(H,24,25);1-2H3. The maximum atomic E-state index is 12.1. The maximum Gasteiger partial charge on any atom is 0.337 e. The molecule has 0 aliphatic heterocycles. The van der Waals surface area contributed by atoms with Crippen LogP contribution >= 0.6 is 11.3 Å². The number of rotatable bonds is 6. The number of benzene rings is 1. The molecule has 0 unspecified atom stereocenters. The number of carbonyl (C=O) groups is 2. The van der Waals surface area contributed by atoms with E-state index in [1.165, 1.54) is 17.4 Å². The Hall–Kier alpha value is -3.26. The zero-order valence-electron chi connectivity index (χ0n) is 15.7. The summed E-state index contributed by atoms with van der Waals surface area (Å²) in [7, 11) is 0. The topological polar surface area (TPSA) is 118 Å². The number of amides is 1. The van der Waals surface area contributed by atoms with Gasteiger partial charge in [-0.2, -0.15) is 0 Å². The number of carboxylic acid groups (broad SMARTS) is 1. The highest BCUT2D eigenvalue weighted by molar-refractivity contribution is 7.15. The number of para-hydroxylation sites is 1. The van der Waals surface area contributed by atoms with Crippen molar-refractivity contribution in [1.82, 2.24) is 9.97 Å². The van der Waals surface area contributed by atoms with Crippen molar-refractivity contribution in [2.24, 2.45) is 0 Å². The van der Waals surface area contributed by atoms with Gasteiger partial charge in [-0.25, -0.2) is 9.78 Å². The summed E-state index contributed by atoms with van der Waals surface area (Å²) in [5.41, 5.74) is 7.35. The van der Waals surface area contributed by atoms with Gasteiger partial charge in [-0.1, -0.05) is 26.0 Å². The molecule has 1 aromatic carbocycles. The van der Waals surface area contributed by atoms with Gasteiger partial charge >= 0.3 is 5.97 Å². The van der Waals surface area contributed by atoms with Gasteiger partial charge in [0.1, 0.15) is 0 Å². The van der Waals surface area contributed by atoms with Gasteiger partial charge in [-0.15, -0.1) is 11.3 Å². The van der Waals surface area contributed by atoms with Crippen LogP contribution in [0.15, 0.2) is 48.8 Å². The van der Waals surface area contributed by atoms with Crippen molar-refractivity contribution in [3.8, 4) is 10.6 Å². The van der Waals surface area contributed by atoms with Crippen LogP contribution < -0.4 is 11.1 Å². The molecule has 0 saturated heterocycles. The summed E-state index contributed by atoms with van der Waals surface area (Å²) < 4.78 is 0. The minimum Gasteiger partial charge on any atom is -0.478 e. The number of nitrogens with two attached hydrogens (primary N) is 1. The molecule has 0 fully saturated rings. The number of aromatic nitrogens is 2. The van der Waals surface area contributed by atoms with E-state index < -0.39 is 5.97 Å². The van der Waals surface area contributed by atoms with E-state index in [9.17, 15) is 9.59 Å². The number of pyridine rings is 1. The van der Waals surface area contributed by atoms with Crippen LogP contribution in [0.2, 0.25) is 0 Å². The molecule has 0 spiro atoms. The summed E-state index contributed by atoms with van der Waals surface area (Å²) in [5, 5.41) is 12.6. The number of hydrogen-bond donors (Lipinski definition) is 3. The summed E-state index contributed by atoms with van der Waals surface area (Å²) >= 11 is 1.46. The number of nitrogens with one attached hydrogen (secondary N) is 1. The second-order valence-electron chi connectivity index (χ2n) is 5.49. The Kier molecular flexibility index (Phi) is 7.65. The number of hydrogen-bond acceptors (Lipinski definition) is 6. The number of nitrogen functional groups attached to an aromatic ring is 1. The molecule has 0 aliphatic rings. The van der Waals surface area contributed by atoms with E-state index >= 15 is 0 Å². The number of aryl methyl sites for hydroxylation is 1. The van der Waals surface area contributed by atoms with Gasteiger partial charge in [0.05, 0.1) is 38.7 Å². The number of thiazole rings is 1. The number of nitrogens with zero attached hydrogens (tertiary/aromatic N) is 2. The van der Waals surface area contributed by atoms with E-state index in [1.54, 1.807) is 36.7 Å². The monoisotopic (exact) mass is 398 g/mol. The van der Waals surface area contributed by atoms with Crippen molar-refractivity contribution in [2.45, 2.75) is 26.7 Å². The highest BCUT2D eigenvalue weighted by atomic mass is 32.1. The van der Waals surface area contributed by atoms with Crippen molar-refractivity contribution in [3.05, 3.63) is 59.4 Å². The fourth-order valence-corrected chi connectivity index (χ4v) is 3.20. The van der Waals surface area contributed by atoms with E-state index in [0.717, 1.165) is 15.6 Å². The van der Waals surface area contributed by atoms with Gasteiger partial charge in [0.2, 0.25) is 5.91 Å². The van der Waals surface area contributed by atoms with Gasteiger partial charge in [0.25, 0.3) is 0 Å². The largest absolute Gasteiger partial charge is 0.478 e. The molecule has 2 aromatic heterocycles. The number of carboxylic acids is 1. The third-order valence-corrected chi connectivity index (χ3v) is 4.67. The maximum absolute atomic E-state index is 12.1. The molecule has 7 nitrogen and oxygen atoms in total. The van der Waals surface area contributed by atoms with E-state index in [2.05, 4.69) is 15.3 Å². The molecular formula is C20H22N4O3S. The molecule has 28 heavy (non-hydrogen) atoms. The lowest BCUT2D eigenvalue weighted by Crippen LogP contribution is -2.15. The summed E-state index contributed by atoms with van der Waals surface area (Å²) in [6.45, 7) is 4.00. The van der Waals surface area contributed by atoms with Crippen LogP contribution in [0.25, 0.3) is 10.6 Å². The molecule has 0 saturated carbocycles. The van der Waals surface area contributed by atoms with Crippen LogP contribution in [0, 0.1) is 0 Å². The van der Waals surface area contributed by atoms with Crippen LogP contribution in [-0.2, 0) is 11.2 Å². The Morgan fingerprint density at radius 3 is 2.54 bits per heavy atom. The Morgan fingerprint density at radius 1 is 1.11 bits per heavy atom. The first-order valence-electron chi connectivity index (χ1n) is 8.81. The fourth-order valence-electron chi connectivity index (χ4n) is 2.31. The van der Waals surface area contributed by atoms with Gasteiger partial charge in [0.15, 0.2) is 0 Å². The quantitative estimate of drug-likeness (QED) is 0.576. The number of aromatic carboxylic acids is 1. The molecular weight excluding hydrogens is 376 g/mol. The highest BCUT2D eigenvalue weighted by Gasteiger charge is 2.13. The Morgan fingerprint density at radius 2 is 1.86 bits per heavy atom. The summed E-state index contributed by atoms with van der Waals surface area (Å²) in [4.78, 5) is 32.8. The van der Waals surface area contributed by atoms with E-state index in [4.69, 9.17) is 10.8 Å². The molecule has 0 bridgehead atoms. The summed E-state index contributed by atoms with van der Waals surface area (Å²) in [5.74, 6) is -1.34. The third kappa shape index (κ3) is 5.62. The number of carbonyl (C=O) groups excluding carboxylic acids is 1. The molecule has 146 valence electrons. The predicted molar refractivity (Wildman–Crippen MR) is 111 cm³/mol. The lowest BCUT2D eigenvalue weighted by atomic mass is 10.1. The minimum absolute atomic E-state index is 0.0619. The Bertz CT molecular complexity index is 939. The van der Waals surface area contributed by atoms with Crippen LogP contribution in [0.4, 0.5) is 11.4 Å². The smallest absolute Gasteiger partial charge is 0.337 e. The zero-order valence-corrected chi connectivity index (χ0v) is 16.5. The van der Waals surface area contributed by atoms with E-state index in [-0.39, 0.29) is 23.6 Å². The van der Waals surface area contributed by atoms with Crippen molar-refractivity contribution >= 4 is 34.6 Å². The molecule has 1 amide bonds. The fraction of sp³-hybridized carbons (Fsp3) is 0.200. The summed E-state index contributed by atoms with van der Waals surface area (Å²) in [6.07, 6.45) is 3.97. The minimum atomic E-state index is -1.08. The van der Waals surface area contributed by atoms with Gasteiger partial charge < -0.3 is 16.2 Å². The average Bonchev–Trinajstić information content (AvgIpc) is 3.18. The van der Waals surface area contributed by atoms with Gasteiger partial charge in [-0.05, 0) is 24.3 Å². The van der Waals surface area contributed by atoms with Crippen LogP contribution in [-0.4, -0.2) is 27.0 Å². The van der Waals surface area contributed by atoms with Crippen molar-refractivity contribution in [2.75, 3.05) is 11.1 Å². The van der Waals surface area contributed by atoms with Gasteiger partial charge in [-0.3, -0.25) is 9.78 Å². The van der Waals surface area contributed by atoms with Crippen LogP contribution in [0.1, 0.15) is 35.6 Å². The first kappa shape index (κ1) is 21.0. The SMILES string of the molecule is CC.Nc1ccc(-c2cnc(CCC(=O)Nc3ccccc3C(=O)O)s2)nc1. The van der Waals surface area contributed by atoms with Crippen molar-refractivity contribution < 1.29 is 14.7 Å². The average molecular weight is 398 g/mol. The second kappa shape index (κ2) is 10.2. The van der Waals surface area contributed by atoms with Crippen LogP contribution in [0.5, 0.6) is 0 Å². The second-order valence-corrected chi connectivity index (χ2v) is 6.61. The molecule has 3 aromatic rings.